The first-order valence-corrected chi connectivity index (χ1v) is 8.53. The molecule has 0 spiro atoms. The number of pyridine rings is 1. The second-order valence-electron chi connectivity index (χ2n) is 5.63. The number of unbranched alkanes of at least 4 members (excludes halogenated alkanes) is 1. The largest absolute Gasteiger partial charge is 0.493 e. The fourth-order valence-corrected chi connectivity index (χ4v) is 2.49. The summed E-state index contributed by atoms with van der Waals surface area (Å²) >= 11 is 0. The van der Waals surface area contributed by atoms with Crippen molar-refractivity contribution in [3.05, 3.63) is 52.9 Å². The summed E-state index contributed by atoms with van der Waals surface area (Å²) < 4.78 is 12.3. The third kappa shape index (κ3) is 7.12. The molecule has 7 nitrogen and oxygen atoms in total. The maximum Gasteiger partial charge on any atom is 0.250 e. The predicted octanol–water partition coefficient (Wildman–Crippen LogP) is 2.95. The maximum atomic E-state index is 11.6. The van der Waals surface area contributed by atoms with Crippen LogP contribution >= 0.6 is 24.0 Å². The molecule has 1 aromatic carbocycles. The Kier molecular flexibility index (Phi) is 10.3. The summed E-state index contributed by atoms with van der Waals surface area (Å²) in [5.41, 5.74) is 0.887. The molecule has 0 aliphatic carbocycles. The van der Waals surface area contributed by atoms with Crippen LogP contribution in [0.2, 0.25) is 0 Å². The summed E-state index contributed by atoms with van der Waals surface area (Å²) in [6.45, 7) is 1.47. The van der Waals surface area contributed by atoms with Crippen LogP contribution in [0.4, 0.5) is 5.69 Å². The molecule has 148 valence electrons. The van der Waals surface area contributed by atoms with E-state index >= 15 is 0 Å². The molecule has 0 unspecified atom stereocenters. The second kappa shape index (κ2) is 12.2. The van der Waals surface area contributed by atoms with E-state index in [0.29, 0.717) is 24.0 Å². The number of anilines is 1. The van der Waals surface area contributed by atoms with Gasteiger partial charge in [-0.1, -0.05) is 6.07 Å². The lowest BCUT2D eigenvalue weighted by atomic mass is 10.2. The number of hydrogen-bond acceptors (Lipinski definition) is 4. The van der Waals surface area contributed by atoms with E-state index in [4.69, 9.17) is 9.47 Å². The molecule has 0 atom stereocenters. The summed E-state index contributed by atoms with van der Waals surface area (Å²) in [6, 6.07) is 10.8. The Morgan fingerprint density at radius 2 is 1.89 bits per heavy atom. The molecule has 27 heavy (non-hydrogen) atoms. The lowest BCUT2D eigenvalue weighted by Gasteiger charge is -2.14. The van der Waals surface area contributed by atoms with Crippen molar-refractivity contribution >= 4 is 35.6 Å². The highest BCUT2D eigenvalue weighted by atomic mass is 127. The molecule has 0 bridgehead atoms. The molecule has 0 saturated heterocycles. The number of rotatable bonds is 8. The molecular formula is C19H27IN4O3. The number of guanidine groups is 1. The van der Waals surface area contributed by atoms with E-state index in [1.54, 1.807) is 38.0 Å². The lowest BCUT2D eigenvalue weighted by Crippen LogP contribution is -2.31. The summed E-state index contributed by atoms with van der Waals surface area (Å²) in [5, 5.41) is 6.48. The number of benzene rings is 1. The molecule has 1 aromatic heterocycles. The molecular weight excluding hydrogens is 459 g/mol. The highest BCUT2D eigenvalue weighted by Gasteiger charge is 2.06. The fourth-order valence-electron chi connectivity index (χ4n) is 2.49. The van der Waals surface area contributed by atoms with Crippen LogP contribution in [-0.2, 0) is 6.54 Å². The smallest absolute Gasteiger partial charge is 0.250 e. The van der Waals surface area contributed by atoms with Gasteiger partial charge in [0.1, 0.15) is 0 Å². The van der Waals surface area contributed by atoms with Gasteiger partial charge in [0.05, 0.1) is 14.2 Å². The van der Waals surface area contributed by atoms with Gasteiger partial charge in [0.25, 0.3) is 0 Å². The highest BCUT2D eigenvalue weighted by molar-refractivity contribution is 14.0. The van der Waals surface area contributed by atoms with Gasteiger partial charge in [0.15, 0.2) is 17.5 Å². The van der Waals surface area contributed by atoms with Crippen molar-refractivity contribution in [1.29, 1.82) is 0 Å². The van der Waals surface area contributed by atoms with E-state index < -0.39 is 0 Å². The first-order chi connectivity index (χ1) is 12.7. The van der Waals surface area contributed by atoms with Crippen LogP contribution in [0.5, 0.6) is 11.5 Å². The normalized spacial score (nSPS) is 10.7. The quantitative estimate of drug-likeness (QED) is 0.260. The minimum atomic E-state index is 0. The highest BCUT2D eigenvalue weighted by Crippen LogP contribution is 2.29. The van der Waals surface area contributed by atoms with Gasteiger partial charge in [-0.05, 0) is 31.0 Å². The summed E-state index contributed by atoms with van der Waals surface area (Å²) in [7, 11) is 4.93. The van der Waals surface area contributed by atoms with Crippen LogP contribution in [0, 0.1) is 0 Å². The first kappa shape index (κ1) is 22.8. The standard InChI is InChI=1S/C19H26N4O3.HI/c1-20-19(22-15-9-10-16(25-2)17(14-15)26-3)21-11-5-7-13-23-12-6-4-8-18(23)24;/h4,6,8-10,12,14H,5,7,11,13H2,1-3H3,(H2,20,21,22);1H. The van der Waals surface area contributed by atoms with Crippen LogP contribution in [0.1, 0.15) is 12.8 Å². The zero-order valence-electron chi connectivity index (χ0n) is 15.9. The average Bonchev–Trinajstić information content (AvgIpc) is 2.67. The van der Waals surface area contributed by atoms with Gasteiger partial charge < -0.3 is 24.7 Å². The van der Waals surface area contributed by atoms with E-state index in [2.05, 4.69) is 15.6 Å². The van der Waals surface area contributed by atoms with Crippen LogP contribution in [0.25, 0.3) is 0 Å². The third-order valence-electron chi connectivity index (χ3n) is 3.89. The SMILES string of the molecule is CN=C(NCCCCn1ccccc1=O)Nc1ccc(OC)c(OC)c1.I. The first-order valence-electron chi connectivity index (χ1n) is 8.53. The van der Waals surface area contributed by atoms with Gasteiger partial charge in [0, 0.05) is 44.2 Å². The van der Waals surface area contributed by atoms with Crippen molar-refractivity contribution in [2.24, 2.45) is 4.99 Å². The maximum absolute atomic E-state index is 11.6. The van der Waals surface area contributed by atoms with Gasteiger partial charge in [0.2, 0.25) is 5.56 Å². The number of hydrogen-bond donors (Lipinski definition) is 2. The Balaban J connectivity index is 0.00000364. The van der Waals surface area contributed by atoms with Crippen molar-refractivity contribution in [1.82, 2.24) is 9.88 Å². The molecule has 2 aromatic rings. The molecule has 2 N–H and O–H groups in total. The molecule has 2 rings (SSSR count). The molecule has 0 aliphatic rings. The molecule has 0 radical (unpaired) electrons. The van der Waals surface area contributed by atoms with E-state index in [0.717, 1.165) is 25.1 Å². The van der Waals surface area contributed by atoms with Crippen LogP contribution < -0.4 is 25.7 Å². The Bertz CT molecular complexity index is 793. The summed E-state index contributed by atoms with van der Waals surface area (Å²) in [4.78, 5) is 15.9. The molecule has 0 amide bonds. The summed E-state index contributed by atoms with van der Waals surface area (Å²) in [5.74, 6) is 2.01. The lowest BCUT2D eigenvalue weighted by molar-refractivity contribution is 0.355. The number of aromatic nitrogens is 1. The Labute approximate surface area is 176 Å². The van der Waals surface area contributed by atoms with E-state index in [1.165, 1.54) is 0 Å². The molecule has 1 heterocycles. The minimum absolute atomic E-state index is 0. The molecule has 0 fully saturated rings. The van der Waals surface area contributed by atoms with Crippen molar-refractivity contribution in [3.8, 4) is 11.5 Å². The van der Waals surface area contributed by atoms with Crippen molar-refractivity contribution < 1.29 is 9.47 Å². The van der Waals surface area contributed by atoms with Crippen LogP contribution in [0.3, 0.4) is 0 Å². The van der Waals surface area contributed by atoms with Crippen LogP contribution in [0.15, 0.2) is 52.4 Å². The monoisotopic (exact) mass is 486 g/mol. The number of aliphatic imine (C=N–C) groups is 1. The van der Waals surface area contributed by atoms with Gasteiger partial charge >= 0.3 is 0 Å². The Morgan fingerprint density at radius 3 is 2.56 bits per heavy atom. The van der Waals surface area contributed by atoms with Crippen molar-refractivity contribution in [2.75, 3.05) is 33.1 Å². The zero-order valence-corrected chi connectivity index (χ0v) is 18.2. The number of aryl methyl sites for hydroxylation is 1. The van der Waals surface area contributed by atoms with Gasteiger partial charge in [-0.15, -0.1) is 24.0 Å². The predicted molar refractivity (Wildman–Crippen MR) is 120 cm³/mol. The number of ether oxygens (including phenoxy) is 2. The summed E-state index contributed by atoms with van der Waals surface area (Å²) in [6.07, 6.45) is 3.64. The van der Waals surface area contributed by atoms with Gasteiger partial charge in [-0.25, -0.2) is 0 Å². The third-order valence-corrected chi connectivity index (χ3v) is 3.89. The Morgan fingerprint density at radius 1 is 1.11 bits per heavy atom. The van der Waals surface area contributed by atoms with Crippen LogP contribution in [-0.4, -0.2) is 38.3 Å². The topological polar surface area (TPSA) is 76.9 Å². The molecule has 0 saturated carbocycles. The number of halogens is 1. The van der Waals surface area contributed by atoms with E-state index in [9.17, 15) is 4.79 Å². The van der Waals surface area contributed by atoms with Crippen molar-refractivity contribution in [2.45, 2.75) is 19.4 Å². The van der Waals surface area contributed by atoms with E-state index in [-0.39, 0.29) is 29.5 Å². The molecule has 0 aliphatic heterocycles. The number of nitrogens with one attached hydrogen (secondary N) is 2. The second-order valence-corrected chi connectivity index (χ2v) is 5.63. The van der Waals surface area contributed by atoms with E-state index in [1.807, 2.05) is 30.5 Å². The number of methoxy groups -OCH3 is 2. The Hall–Kier alpha value is -2.23. The molecule has 8 heteroatoms. The zero-order chi connectivity index (χ0) is 18.8. The number of nitrogens with zero attached hydrogens (tertiary/aromatic N) is 2. The van der Waals surface area contributed by atoms with Crippen molar-refractivity contribution in [3.63, 3.8) is 0 Å². The fraction of sp³-hybridized carbons (Fsp3) is 0.368. The average molecular weight is 486 g/mol. The van der Waals surface area contributed by atoms with Gasteiger partial charge in [-0.3, -0.25) is 9.79 Å². The minimum Gasteiger partial charge on any atom is -0.493 e. The van der Waals surface area contributed by atoms with Gasteiger partial charge in [-0.2, -0.15) is 0 Å².